The van der Waals surface area contributed by atoms with Crippen LogP contribution in [-0.4, -0.2) is 39.3 Å². The molecule has 1 aromatic carbocycles. The highest BCUT2D eigenvalue weighted by molar-refractivity contribution is 5.83. The summed E-state index contributed by atoms with van der Waals surface area (Å²) in [4.78, 5) is 13.8. The van der Waals surface area contributed by atoms with Gasteiger partial charge in [-0.05, 0) is 18.6 Å². The number of amides is 1. The summed E-state index contributed by atoms with van der Waals surface area (Å²) < 4.78 is 4.89. The minimum absolute atomic E-state index is 0.0160. The average Bonchev–Trinajstić information content (AvgIpc) is 2.74. The van der Waals surface area contributed by atoms with Crippen LogP contribution in [0.1, 0.15) is 5.56 Å². The van der Waals surface area contributed by atoms with E-state index >= 15 is 0 Å². The number of benzene rings is 1. The number of nitrogens with zero attached hydrogens (tertiary/aromatic N) is 1. The summed E-state index contributed by atoms with van der Waals surface area (Å²) in [6, 6.07) is 5.84. The summed E-state index contributed by atoms with van der Waals surface area (Å²) >= 11 is 0. The van der Waals surface area contributed by atoms with Crippen molar-refractivity contribution in [3.8, 4) is 0 Å². The maximum atomic E-state index is 11.7. The molecular weight excluding hydrogens is 230 g/mol. The largest absolute Gasteiger partial charge is 0.398 e. The van der Waals surface area contributed by atoms with Crippen LogP contribution in [0.2, 0.25) is 0 Å². The van der Waals surface area contributed by atoms with Crippen molar-refractivity contribution in [3.63, 3.8) is 0 Å². The smallest absolute Gasteiger partial charge is 0.239 e. The fourth-order valence-electron chi connectivity index (χ4n) is 2.21. The molecule has 1 aliphatic rings. The zero-order valence-electron chi connectivity index (χ0n) is 10.6. The molecule has 0 aromatic heterocycles. The van der Waals surface area contributed by atoms with Gasteiger partial charge >= 0.3 is 0 Å². The maximum Gasteiger partial charge on any atom is 0.239 e. The van der Waals surface area contributed by atoms with Gasteiger partial charge < -0.3 is 20.7 Å². The van der Waals surface area contributed by atoms with Gasteiger partial charge in [0.05, 0.1) is 13.2 Å². The molecule has 3 N–H and O–H groups in total. The quantitative estimate of drug-likeness (QED) is 0.585. The van der Waals surface area contributed by atoms with Crippen LogP contribution in [0.4, 0.5) is 11.4 Å². The highest BCUT2D eigenvalue weighted by Crippen LogP contribution is 2.31. The summed E-state index contributed by atoms with van der Waals surface area (Å²) in [6.45, 7) is 2.31. The van der Waals surface area contributed by atoms with Crippen molar-refractivity contribution in [3.05, 3.63) is 23.8 Å². The van der Waals surface area contributed by atoms with Gasteiger partial charge in [-0.15, -0.1) is 0 Å². The van der Waals surface area contributed by atoms with Crippen LogP contribution in [-0.2, 0) is 16.0 Å². The Kier molecular flexibility index (Phi) is 4.04. The molecule has 5 heteroatoms. The number of nitrogens with one attached hydrogen (secondary N) is 1. The van der Waals surface area contributed by atoms with Crippen molar-refractivity contribution in [1.82, 2.24) is 5.32 Å². The first kappa shape index (κ1) is 12.7. The van der Waals surface area contributed by atoms with Gasteiger partial charge in [0.25, 0.3) is 0 Å². The molecule has 5 nitrogen and oxygen atoms in total. The predicted octanol–water partition coefficient (Wildman–Crippen LogP) is 0.394. The number of hydrogen-bond acceptors (Lipinski definition) is 4. The molecule has 0 atom stereocenters. The van der Waals surface area contributed by atoms with E-state index in [-0.39, 0.29) is 5.91 Å². The molecule has 0 saturated heterocycles. The number of rotatable bonds is 5. The Morgan fingerprint density at radius 2 is 2.39 bits per heavy atom. The third-order valence-corrected chi connectivity index (χ3v) is 3.12. The Balaban J connectivity index is 1.93. The van der Waals surface area contributed by atoms with Crippen LogP contribution in [0.3, 0.4) is 0 Å². The summed E-state index contributed by atoms with van der Waals surface area (Å²) in [5, 5.41) is 2.82. The SMILES string of the molecule is COCCNC(=O)CN1CCc2c(N)cccc21. The van der Waals surface area contributed by atoms with Crippen molar-refractivity contribution in [2.75, 3.05) is 44.0 Å². The molecule has 0 unspecified atom stereocenters. The van der Waals surface area contributed by atoms with Gasteiger partial charge in [-0.1, -0.05) is 6.07 Å². The van der Waals surface area contributed by atoms with Crippen LogP contribution in [0, 0.1) is 0 Å². The molecule has 18 heavy (non-hydrogen) atoms. The van der Waals surface area contributed by atoms with Crippen LogP contribution in [0.5, 0.6) is 0 Å². The van der Waals surface area contributed by atoms with E-state index in [4.69, 9.17) is 10.5 Å². The number of nitrogen functional groups attached to an aromatic ring is 1. The normalized spacial score (nSPS) is 13.5. The number of fused-ring (bicyclic) bond motifs is 1. The molecule has 0 aliphatic carbocycles. The third kappa shape index (κ3) is 2.73. The van der Waals surface area contributed by atoms with Crippen LogP contribution in [0.15, 0.2) is 18.2 Å². The molecule has 0 radical (unpaired) electrons. The van der Waals surface area contributed by atoms with Crippen molar-refractivity contribution >= 4 is 17.3 Å². The monoisotopic (exact) mass is 249 g/mol. The Hall–Kier alpha value is -1.75. The second-order valence-corrected chi connectivity index (χ2v) is 4.36. The molecule has 1 heterocycles. The second kappa shape index (κ2) is 5.73. The number of carbonyl (C=O) groups is 1. The second-order valence-electron chi connectivity index (χ2n) is 4.36. The molecule has 2 rings (SSSR count). The van der Waals surface area contributed by atoms with Gasteiger partial charge in [0.2, 0.25) is 5.91 Å². The average molecular weight is 249 g/mol. The van der Waals surface area contributed by atoms with Crippen molar-refractivity contribution in [2.24, 2.45) is 0 Å². The molecule has 0 fully saturated rings. The number of methoxy groups -OCH3 is 1. The third-order valence-electron chi connectivity index (χ3n) is 3.12. The standard InChI is InChI=1S/C13H19N3O2/c1-18-8-6-15-13(17)9-16-7-5-10-11(14)3-2-4-12(10)16/h2-4H,5-9,14H2,1H3,(H,15,17). The number of anilines is 2. The molecule has 1 aromatic rings. The van der Waals surface area contributed by atoms with Gasteiger partial charge in [-0.25, -0.2) is 0 Å². The van der Waals surface area contributed by atoms with Crippen LogP contribution < -0.4 is 16.0 Å². The first-order chi connectivity index (χ1) is 8.72. The van der Waals surface area contributed by atoms with Gasteiger partial charge in [0.15, 0.2) is 0 Å². The summed E-state index contributed by atoms with van der Waals surface area (Å²) in [5.74, 6) is 0.0160. The minimum atomic E-state index is 0.0160. The van der Waals surface area contributed by atoms with Gasteiger partial charge in [-0.3, -0.25) is 4.79 Å². The maximum absolute atomic E-state index is 11.7. The fraction of sp³-hybridized carbons (Fsp3) is 0.462. The molecule has 0 spiro atoms. The number of hydrogen-bond donors (Lipinski definition) is 2. The fourth-order valence-corrected chi connectivity index (χ4v) is 2.21. The van der Waals surface area contributed by atoms with Crippen LogP contribution in [0.25, 0.3) is 0 Å². The topological polar surface area (TPSA) is 67.6 Å². The highest BCUT2D eigenvalue weighted by atomic mass is 16.5. The molecule has 1 amide bonds. The van der Waals surface area contributed by atoms with E-state index in [2.05, 4.69) is 10.2 Å². The van der Waals surface area contributed by atoms with Gasteiger partial charge in [-0.2, -0.15) is 0 Å². The summed E-state index contributed by atoms with van der Waals surface area (Å²) in [6.07, 6.45) is 0.910. The van der Waals surface area contributed by atoms with E-state index in [0.29, 0.717) is 19.7 Å². The van der Waals surface area contributed by atoms with Crippen molar-refractivity contribution < 1.29 is 9.53 Å². The Morgan fingerprint density at radius 3 is 3.17 bits per heavy atom. The lowest BCUT2D eigenvalue weighted by Crippen LogP contribution is -2.37. The molecule has 98 valence electrons. The lowest BCUT2D eigenvalue weighted by Gasteiger charge is -2.18. The van der Waals surface area contributed by atoms with E-state index in [1.165, 1.54) is 0 Å². The summed E-state index contributed by atoms with van der Waals surface area (Å²) in [5.41, 5.74) is 8.97. The van der Waals surface area contributed by atoms with Gasteiger partial charge in [0.1, 0.15) is 0 Å². The minimum Gasteiger partial charge on any atom is -0.398 e. The van der Waals surface area contributed by atoms with Crippen LogP contribution >= 0.6 is 0 Å². The Labute approximate surface area is 107 Å². The first-order valence-corrected chi connectivity index (χ1v) is 6.10. The Morgan fingerprint density at radius 1 is 1.56 bits per heavy atom. The number of nitrogens with two attached hydrogens (primary N) is 1. The zero-order chi connectivity index (χ0) is 13.0. The molecule has 0 saturated carbocycles. The van der Waals surface area contributed by atoms with E-state index in [1.54, 1.807) is 7.11 Å². The number of ether oxygens (including phenoxy) is 1. The predicted molar refractivity (Wildman–Crippen MR) is 71.7 cm³/mol. The van der Waals surface area contributed by atoms with E-state index < -0.39 is 0 Å². The van der Waals surface area contributed by atoms with E-state index in [1.807, 2.05) is 18.2 Å². The zero-order valence-corrected chi connectivity index (χ0v) is 10.6. The first-order valence-electron chi connectivity index (χ1n) is 6.10. The molecular formula is C13H19N3O2. The Bertz CT molecular complexity index is 434. The molecule has 1 aliphatic heterocycles. The van der Waals surface area contributed by atoms with E-state index in [0.717, 1.165) is 29.9 Å². The highest BCUT2D eigenvalue weighted by Gasteiger charge is 2.22. The lowest BCUT2D eigenvalue weighted by molar-refractivity contribution is -0.119. The lowest BCUT2D eigenvalue weighted by atomic mass is 10.1. The van der Waals surface area contributed by atoms with Crippen molar-refractivity contribution in [2.45, 2.75) is 6.42 Å². The molecule has 0 bridgehead atoms. The van der Waals surface area contributed by atoms with E-state index in [9.17, 15) is 4.79 Å². The number of carbonyl (C=O) groups excluding carboxylic acids is 1. The van der Waals surface area contributed by atoms with Crippen molar-refractivity contribution in [1.29, 1.82) is 0 Å². The van der Waals surface area contributed by atoms with Gasteiger partial charge in [0, 0.05) is 37.1 Å². The summed E-state index contributed by atoms with van der Waals surface area (Å²) in [7, 11) is 1.62.